The molecule has 1 amide bonds. The number of rotatable bonds is 6. The van der Waals surface area contributed by atoms with Crippen molar-refractivity contribution in [1.29, 1.82) is 0 Å². The average molecular weight is 413 g/mol. The molecule has 0 radical (unpaired) electrons. The van der Waals surface area contributed by atoms with E-state index in [1.165, 1.54) is 0 Å². The monoisotopic (exact) mass is 413 g/mol. The van der Waals surface area contributed by atoms with Crippen LogP contribution < -0.4 is 5.32 Å². The van der Waals surface area contributed by atoms with Crippen molar-refractivity contribution in [2.24, 2.45) is 5.92 Å². The van der Waals surface area contributed by atoms with Gasteiger partial charge in [0.2, 0.25) is 5.78 Å². The number of hydrogen-bond donors (Lipinski definition) is 1. The van der Waals surface area contributed by atoms with Crippen molar-refractivity contribution >= 4 is 17.8 Å². The van der Waals surface area contributed by atoms with Gasteiger partial charge in [0.05, 0.1) is 5.56 Å². The number of amides is 1. The lowest BCUT2D eigenvalue weighted by Crippen LogP contribution is -2.50. The van der Waals surface area contributed by atoms with Gasteiger partial charge >= 0.3 is 12.1 Å². The molecule has 1 heterocycles. The quantitative estimate of drug-likeness (QED) is 0.570. The summed E-state index contributed by atoms with van der Waals surface area (Å²) in [5.41, 5.74) is -1.28. The summed E-state index contributed by atoms with van der Waals surface area (Å²) in [6.07, 6.45) is 0.206. The van der Waals surface area contributed by atoms with Crippen molar-refractivity contribution in [2.75, 3.05) is 19.8 Å². The first-order chi connectivity index (χ1) is 13.6. The molecular formula is C20H25F2NO6. The summed E-state index contributed by atoms with van der Waals surface area (Å²) in [5.74, 6) is -3.72. The lowest BCUT2D eigenvalue weighted by atomic mass is 9.92. The van der Waals surface area contributed by atoms with E-state index < -0.39 is 53.3 Å². The molecule has 1 unspecified atom stereocenters. The molecule has 1 N–H and O–H groups in total. The van der Waals surface area contributed by atoms with Gasteiger partial charge in [-0.05, 0) is 57.7 Å². The Labute approximate surface area is 167 Å². The fourth-order valence-corrected chi connectivity index (χ4v) is 2.87. The number of ether oxygens (including phenoxy) is 3. The Morgan fingerprint density at radius 3 is 2.48 bits per heavy atom. The van der Waals surface area contributed by atoms with Gasteiger partial charge in [-0.1, -0.05) is 0 Å². The van der Waals surface area contributed by atoms with Gasteiger partial charge in [-0.3, -0.25) is 4.79 Å². The lowest BCUT2D eigenvalue weighted by Gasteiger charge is -2.30. The number of carbonyl (C=O) groups is 3. The molecule has 1 saturated heterocycles. The molecule has 0 spiro atoms. The maximum Gasteiger partial charge on any atom is 0.408 e. The number of alkyl carbamates (subject to hydrolysis) is 1. The van der Waals surface area contributed by atoms with Gasteiger partial charge < -0.3 is 19.5 Å². The first-order valence-corrected chi connectivity index (χ1v) is 9.29. The van der Waals surface area contributed by atoms with E-state index in [-0.39, 0.29) is 5.92 Å². The molecule has 1 aromatic rings. The number of benzene rings is 1. The van der Waals surface area contributed by atoms with E-state index in [0.29, 0.717) is 26.1 Å². The highest BCUT2D eigenvalue weighted by Crippen LogP contribution is 2.21. The van der Waals surface area contributed by atoms with E-state index in [0.717, 1.165) is 18.2 Å². The molecule has 2 rings (SSSR count). The zero-order valence-corrected chi connectivity index (χ0v) is 16.6. The molecular weight excluding hydrogens is 388 g/mol. The van der Waals surface area contributed by atoms with Crippen molar-refractivity contribution in [3.8, 4) is 0 Å². The average Bonchev–Trinajstić information content (AvgIpc) is 2.65. The van der Waals surface area contributed by atoms with Crippen LogP contribution in [0.25, 0.3) is 0 Å². The maximum atomic E-state index is 13.7. The van der Waals surface area contributed by atoms with Crippen LogP contribution in [0, 0.1) is 17.6 Å². The second-order valence-corrected chi connectivity index (χ2v) is 7.73. The number of nitrogens with one attached hydrogen (secondary N) is 1. The van der Waals surface area contributed by atoms with Gasteiger partial charge in [-0.2, -0.15) is 0 Å². The molecule has 9 heteroatoms. The van der Waals surface area contributed by atoms with Crippen molar-refractivity contribution < 1.29 is 37.4 Å². The van der Waals surface area contributed by atoms with Crippen LogP contribution in [0.2, 0.25) is 0 Å². The number of halogens is 2. The number of esters is 1. The molecule has 1 aliphatic rings. The van der Waals surface area contributed by atoms with Crippen molar-refractivity contribution in [2.45, 2.75) is 45.3 Å². The van der Waals surface area contributed by atoms with Gasteiger partial charge in [0.25, 0.3) is 0 Å². The fraction of sp³-hybridized carbons (Fsp3) is 0.550. The third-order valence-electron chi connectivity index (χ3n) is 4.24. The van der Waals surface area contributed by atoms with E-state index in [4.69, 9.17) is 14.2 Å². The van der Waals surface area contributed by atoms with Crippen LogP contribution in [0.5, 0.6) is 0 Å². The molecule has 0 aliphatic carbocycles. The van der Waals surface area contributed by atoms with E-state index in [9.17, 15) is 23.2 Å². The Kier molecular flexibility index (Phi) is 7.66. The predicted molar refractivity (Wildman–Crippen MR) is 98.3 cm³/mol. The van der Waals surface area contributed by atoms with Gasteiger partial charge in [0.1, 0.15) is 23.3 Å². The standard InChI is InChI=1S/C20H25F2NO6/c1-20(2,3)29-19(26)23-17(12-6-8-27-9-7-12)18(25)28-11-16(24)14-10-13(21)4-5-15(14)22/h4-5,10,12,17H,6-9,11H2,1-3H3,(H,23,26). The summed E-state index contributed by atoms with van der Waals surface area (Å²) in [7, 11) is 0. The lowest BCUT2D eigenvalue weighted by molar-refractivity contribution is -0.147. The second-order valence-electron chi connectivity index (χ2n) is 7.73. The SMILES string of the molecule is CC(C)(C)OC(=O)NC(C(=O)OCC(=O)c1cc(F)ccc1F)C1CCOCC1. The molecule has 1 aromatic carbocycles. The number of hydrogen-bond acceptors (Lipinski definition) is 6. The van der Waals surface area contributed by atoms with E-state index in [1.54, 1.807) is 20.8 Å². The van der Waals surface area contributed by atoms with Crippen molar-refractivity contribution in [1.82, 2.24) is 5.32 Å². The van der Waals surface area contributed by atoms with Crippen LogP contribution >= 0.6 is 0 Å². The highest BCUT2D eigenvalue weighted by molar-refractivity contribution is 5.98. The highest BCUT2D eigenvalue weighted by atomic mass is 19.1. The zero-order chi connectivity index (χ0) is 21.6. The minimum absolute atomic E-state index is 0.273. The smallest absolute Gasteiger partial charge is 0.408 e. The predicted octanol–water partition coefficient (Wildman–Crippen LogP) is 3.01. The Morgan fingerprint density at radius 2 is 1.86 bits per heavy atom. The van der Waals surface area contributed by atoms with E-state index >= 15 is 0 Å². The molecule has 0 saturated carbocycles. The topological polar surface area (TPSA) is 90.9 Å². The summed E-state index contributed by atoms with van der Waals surface area (Å²) >= 11 is 0. The summed E-state index contributed by atoms with van der Waals surface area (Å²) in [6.45, 7) is 5.09. The largest absolute Gasteiger partial charge is 0.456 e. The Morgan fingerprint density at radius 1 is 1.21 bits per heavy atom. The molecule has 1 aliphatic heterocycles. The maximum absolute atomic E-state index is 13.7. The number of ketones is 1. The van der Waals surface area contributed by atoms with Crippen LogP contribution in [-0.4, -0.2) is 49.3 Å². The molecule has 0 bridgehead atoms. The highest BCUT2D eigenvalue weighted by Gasteiger charge is 2.34. The van der Waals surface area contributed by atoms with E-state index in [1.807, 2.05) is 0 Å². The van der Waals surface area contributed by atoms with Crippen LogP contribution in [0.15, 0.2) is 18.2 Å². The van der Waals surface area contributed by atoms with Crippen LogP contribution in [-0.2, 0) is 19.0 Å². The summed E-state index contributed by atoms with van der Waals surface area (Å²) < 4.78 is 42.4. The summed E-state index contributed by atoms with van der Waals surface area (Å²) in [6, 6.07) is 1.38. The summed E-state index contributed by atoms with van der Waals surface area (Å²) in [4.78, 5) is 36.8. The van der Waals surface area contributed by atoms with Crippen LogP contribution in [0.1, 0.15) is 44.0 Å². The molecule has 0 aromatic heterocycles. The number of Topliss-reactive ketones (excluding diaryl/α,β-unsaturated/α-hetero) is 1. The summed E-state index contributed by atoms with van der Waals surface area (Å²) in [5, 5.41) is 2.49. The van der Waals surface area contributed by atoms with Crippen molar-refractivity contribution in [3.63, 3.8) is 0 Å². The van der Waals surface area contributed by atoms with Crippen molar-refractivity contribution in [3.05, 3.63) is 35.4 Å². The minimum Gasteiger partial charge on any atom is -0.456 e. The fourth-order valence-electron chi connectivity index (χ4n) is 2.87. The Hall–Kier alpha value is -2.55. The van der Waals surface area contributed by atoms with Crippen LogP contribution in [0.4, 0.5) is 13.6 Å². The second kappa shape index (κ2) is 9.78. The third-order valence-corrected chi connectivity index (χ3v) is 4.24. The molecule has 160 valence electrons. The first kappa shape index (κ1) is 22.7. The number of carbonyl (C=O) groups excluding carboxylic acids is 3. The molecule has 7 nitrogen and oxygen atoms in total. The normalized spacial score (nSPS) is 16.0. The van der Waals surface area contributed by atoms with Gasteiger partial charge in [-0.25, -0.2) is 18.4 Å². The Balaban J connectivity index is 2.05. The minimum atomic E-state index is -1.06. The third kappa shape index (κ3) is 7.08. The molecule has 1 atom stereocenters. The van der Waals surface area contributed by atoms with Crippen LogP contribution in [0.3, 0.4) is 0 Å². The Bertz CT molecular complexity index is 756. The van der Waals surface area contributed by atoms with Gasteiger partial charge in [-0.15, -0.1) is 0 Å². The molecule has 1 fully saturated rings. The van der Waals surface area contributed by atoms with Gasteiger partial charge in [0.15, 0.2) is 6.61 Å². The van der Waals surface area contributed by atoms with Gasteiger partial charge in [0, 0.05) is 13.2 Å². The first-order valence-electron chi connectivity index (χ1n) is 9.29. The zero-order valence-electron chi connectivity index (χ0n) is 16.6. The van der Waals surface area contributed by atoms with E-state index in [2.05, 4.69) is 5.32 Å². The molecule has 29 heavy (non-hydrogen) atoms.